The van der Waals surface area contributed by atoms with Crippen LogP contribution in [-0.4, -0.2) is 0 Å². The first-order chi connectivity index (χ1) is 8.58. The number of benzene rings is 1. The van der Waals surface area contributed by atoms with Crippen LogP contribution < -0.4 is 5.73 Å². The molecule has 0 spiro atoms. The molecule has 2 rings (SSSR count). The van der Waals surface area contributed by atoms with Crippen molar-refractivity contribution in [2.75, 3.05) is 5.73 Å². The number of anilines is 1. The maximum Gasteiger partial charge on any atom is 0.105 e. The van der Waals surface area contributed by atoms with Crippen molar-refractivity contribution in [3.63, 3.8) is 0 Å². The molecule has 0 amide bonds. The molecule has 0 saturated heterocycles. The number of aryl methyl sites for hydroxylation is 3. The van der Waals surface area contributed by atoms with Gasteiger partial charge in [-0.05, 0) is 37.0 Å². The van der Waals surface area contributed by atoms with Crippen molar-refractivity contribution >= 4 is 16.3 Å². The Hall–Kier alpha value is -1.79. The van der Waals surface area contributed by atoms with Crippen molar-refractivity contribution < 1.29 is 0 Å². The van der Waals surface area contributed by atoms with Crippen molar-refractivity contribution in [1.82, 2.24) is 0 Å². The highest BCUT2D eigenvalue weighted by molar-refractivity contribution is 7.16. The fourth-order valence-electron chi connectivity index (χ4n) is 2.06. The number of nitriles is 1. The number of hydrogen-bond donors (Lipinski definition) is 1. The zero-order chi connectivity index (χ0) is 13.3. The number of nitrogens with two attached hydrogens (primary N) is 1. The lowest BCUT2D eigenvalue weighted by Crippen LogP contribution is -1.89. The fraction of sp³-hybridized carbons (Fsp3) is 0.267. The van der Waals surface area contributed by atoms with Crippen LogP contribution in [-0.2, 0) is 6.42 Å². The predicted octanol–water partition coefficient (Wildman–Crippen LogP) is 4.05. The second-order valence-corrected chi connectivity index (χ2v) is 5.54. The lowest BCUT2D eigenvalue weighted by Gasteiger charge is -2.06. The van der Waals surface area contributed by atoms with Crippen LogP contribution in [0.5, 0.6) is 0 Å². The highest BCUT2D eigenvalue weighted by Crippen LogP contribution is 2.38. The molecule has 1 aromatic heterocycles. The van der Waals surface area contributed by atoms with E-state index in [0.717, 1.165) is 17.5 Å². The molecule has 0 bridgehead atoms. The number of nitrogen functional groups attached to an aromatic ring is 1. The first-order valence-corrected chi connectivity index (χ1v) is 6.79. The van der Waals surface area contributed by atoms with E-state index in [9.17, 15) is 5.26 Å². The average Bonchev–Trinajstić information content (AvgIpc) is 2.68. The van der Waals surface area contributed by atoms with E-state index in [1.54, 1.807) is 0 Å². The van der Waals surface area contributed by atoms with E-state index in [1.165, 1.54) is 27.3 Å². The van der Waals surface area contributed by atoms with Crippen LogP contribution in [0.4, 0.5) is 5.00 Å². The minimum Gasteiger partial charge on any atom is -0.389 e. The fourth-order valence-corrected chi connectivity index (χ4v) is 3.04. The Morgan fingerprint density at radius 2 is 2.00 bits per heavy atom. The summed E-state index contributed by atoms with van der Waals surface area (Å²) in [6, 6.07) is 8.54. The highest BCUT2D eigenvalue weighted by atomic mass is 32.1. The van der Waals surface area contributed by atoms with Crippen LogP contribution in [0.2, 0.25) is 0 Å². The third kappa shape index (κ3) is 2.00. The van der Waals surface area contributed by atoms with Crippen LogP contribution >= 0.6 is 11.3 Å². The first-order valence-electron chi connectivity index (χ1n) is 5.97. The van der Waals surface area contributed by atoms with Crippen LogP contribution in [0.25, 0.3) is 11.1 Å². The summed E-state index contributed by atoms with van der Waals surface area (Å²) < 4.78 is 0. The van der Waals surface area contributed by atoms with Crippen molar-refractivity contribution in [3.05, 3.63) is 39.8 Å². The van der Waals surface area contributed by atoms with Crippen LogP contribution in [0.3, 0.4) is 0 Å². The molecule has 0 aliphatic heterocycles. The monoisotopic (exact) mass is 256 g/mol. The quantitative estimate of drug-likeness (QED) is 0.881. The molecule has 2 N–H and O–H groups in total. The summed E-state index contributed by atoms with van der Waals surface area (Å²) in [4.78, 5) is 1.19. The molecule has 2 nitrogen and oxygen atoms in total. The van der Waals surface area contributed by atoms with E-state index in [-0.39, 0.29) is 0 Å². The second kappa shape index (κ2) is 4.83. The Balaban J connectivity index is 2.69. The van der Waals surface area contributed by atoms with Crippen LogP contribution in [0.15, 0.2) is 18.2 Å². The largest absolute Gasteiger partial charge is 0.389 e. The SMILES string of the molecule is CCc1sc(N)c(C#N)c1-c1ccc(C)c(C)c1. The summed E-state index contributed by atoms with van der Waals surface area (Å²) in [6.45, 7) is 6.27. The molecule has 18 heavy (non-hydrogen) atoms. The number of hydrogen-bond acceptors (Lipinski definition) is 3. The van der Waals surface area contributed by atoms with Gasteiger partial charge in [0.1, 0.15) is 11.1 Å². The van der Waals surface area contributed by atoms with E-state index in [1.807, 2.05) is 0 Å². The highest BCUT2D eigenvalue weighted by Gasteiger charge is 2.17. The minimum absolute atomic E-state index is 0.625. The lowest BCUT2D eigenvalue weighted by molar-refractivity contribution is 1.18. The third-order valence-corrected chi connectivity index (χ3v) is 4.40. The summed E-state index contributed by atoms with van der Waals surface area (Å²) in [5.41, 5.74) is 11.2. The van der Waals surface area contributed by atoms with Crippen molar-refractivity contribution in [3.8, 4) is 17.2 Å². The molecular weight excluding hydrogens is 240 g/mol. The Labute approximate surface area is 112 Å². The van der Waals surface area contributed by atoms with E-state index >= 15 is 0 Å². The summed E-state index contributed by atoms with van der Waals surface area (Å²) in [5, 5.41) is 9.90. The number of rotatable bonds is 2. The molecular formula is C15H16N2S. The van der Waals surface area contributed by atoms with E-state index < -0.39 is 0 Å². The number of nitrogens with zero attached hydrogens (tertiary/aromatic N) is 1. The van der Waals surface area contributed by atoms with Gasteiger partial charge in [-0.2, -0.15) is 5.26 Å². The van der Waals surface area contributed by atoms with E-state index in [4.69, 9.17) is 5.73 Å². The van der Waals surface area contributed by atoms with E-state index in [0.29, 0.717) is 10.6 Å². The van der Waals surface area contributed by atoms with Gasteiger partial charge < -0.3 is 5.73 Å². The van der Waals surface area contributed by atoms with Gasteiger partial charge >= 0.3 is 0 Å². The normalized spacial score (nSPS) is 10.3. The summed E-state index contributed by atoms with van der Waals surface area (Å²) in [6.07, 6.45) is 0.902. The van der Waals surface area contributed by atoms with Crippen molar-refractivity contribution in [2.24, 2.45) is 0 Å². The Bertz CT molecular complexity index is 633. The Kier molecular flexibility index (Phi) is 3.40. The summed E-state index contributed by atoms with van der Waals surface area (Å²) >= 11 is 1.53. The molecule has 0 radical (unpaired) electrons. The van der Waals surface area contributed by atoms with Crippen LogP contribution in [0.1, 0.15) is 28.5 Å². The van der Waals surface area contributed by atoms with Gasteiger partial charge in [-0.15, -0.1) is 11.3 Å². The molecule has 1 aromatic carbocycles. The molecule has 0 fully saturated rings. The van der Waals surface area contributed by atoms with Gasteiger partial charge in [0.25, 0.3) is 0 Å². The molecule has 0 atom stereocenters. The maximum atomic E-state index is 9.27. The van der Waals surface area contributed by atoms with Gasteiger partial charge in [-0.3, -0.25) is 0 Å². The molecule has 0 aliphatic carbocycles. The smallest absolute Gasteiger partial charge is 0.105 e. The Morgan fingerprint density at radius 3 is 2.56 bits per heavy atom. The molecule has 2 aromatic rings. The number of thiophene rings is 1. The molecule has 0 saturated carbocycles. The van der Waals surface area contributed by atoms with E-state index in [2.05, 4.69) is 45.0 Å². The maximum absolute atomic E-state index is 9.27. The topological polar surface area (TPSA) is 49.8 Å². The molecule has 92 valence electrons. The predicted molar refractivity (Wildman–Crippen MR) is 77.7 cm³/mol. The van der Waals surface area contributed by atoms with Crippen molar-refractivity contribution in [2.45, 2.75) is 27.2 Å². The summed E-state index contributed by atoms with van der Waals surface area (Å²) in [5.74, 6) is 0. The minimum atomic E-state index is 0.625. The zero-order valence-electron chi connectivity index (χ0n) is 10.9. The van der Waals surface area contributed by atoms with Gasteiger partial charge in [-0.25, -0.2) is 0 Å². The van der Waals surface area contributed by atoms with Gasteiger partial charge in [0, 0.05) is 10.4 Å². The van der Waals surface area contributed by atoms with Gasteiger partial charge in [0.2, 0.25) is 0 Å². The summed E-state index contributed by atoms with van der Waals surface area (Å²) in [7, 11) is 0. The zero-order valence-corrected chi connectivity index (χ0v) is 11.7. The standard InChI is InChI=1S/C15H16N2S/c1-4-13-14(12(8-16)15(17)18-13)11-6-5-9(2)10(3)7-11/h5-7H,4,17H2,1-3H3. The molecule has 0 aliphatic rings. The first kappa shape index (κ1) is 12.7. The lowest BCUT2D eigenvalue weighted by atomic mass is 9.97. The molecule has 1 heterocycles. The third-order valence-electron chi connectivity index (χ3n) is 3.24. The van der Waals surface area contributed by atoms with Gasteiger partial charge in [0.05, 0.1) is 5.56 Å². The average molecular weight is 256 g/mol. The van der Waals surface area contributed by atoms with Crippen LogP contribution in [0, 0.1) is 25.2 Å². The van der Waals surface area contributed by atoms with Gasteiger partial charge in [0.15, 0.2) is 0 Å². The molecule has 3 heteroatoms. The van der Waals surface area contributed by atoms with Gasteiger partial charge in [-0.1, -0.05) is 25.1 Å². The van der Waals surface area contributed by atoms with Crippen molar-refractivity contribution in [1.29, 1.82) is 5.26 Å². The second-order valence-electron chi connectivity index (χ2n) is 4.40. The molecule has 0 unspecified atom stereocenters. The Morgan fingerprint density at radius 1 is 1.28 bits per heavy atom.